The molecular weight excluding hydrogens is 144 g/mol. The molecule has 1 aliphatic rings. The maximum atomic E-state index is 10.9. The molecular formula is C7H10N2O2. The van der Waals surface area contributed by atoms with E-state index in [9.17, 15) is 4.79 Å². The summed E-state index contributed by atoms with van der Waals surface area (Å²) in [6.07, 6.45) is 2.21. The normalized spacial score (nSPS) is 15.7. The summed E-state index contributed by atoms with van der Waals surface area (Å²) in [7, 11) is 0. The zero-order valence-electron chi connectivity index (χ0n) is 6.33. The van der Waals surface area contributed by atoms with Gasteiger partial charge in [-0.1, -0.05) is 0 Å². The van der Waals surface area contributed by atoms with Gasteiger partial charge in [0, 0.05) is 6.42 Å². The summed E-state index contributed by atoms with van der Waals surface area (Å²) >= 11 is 0. The average molecular weight is 154 g/mol. The fourth-order valence-electron chi connectivity index (χ4n) is 0.781. The first kappa shape index (κ1) is 7.78. The van der Waals surface area contributed by atoms with E-state index in [1.807, 2.05) is 0 Å². The van der Waals surface area contributed by atoms with Gasteiger partial charge in [0.25, 0.3) is 0 Å². The Bertz CT molecular complexity index is 231. The Morgan fingerprint density at radius 3 is 3.09 bits per heavy atom. The molecule has 1 aliphatic heterocycles. The van der Waals surface area contributed by atoms with E-state index in [4.69, 9.17) is 10.5 Å². The van der Waals surface area contributed by atoms with Crippen LogP contribution in [-0.2, 0) is 9.53 Å². The van der Waals surface area contributed by atoms with E-state index in [2.05, 4.69) is 4.99 Å². The number of rotatable bonds is 2. The van der Waals surface area contributed by atoms with Gasteiger partial charge in [-0.25, -0.2) is 9.79 Å². The molecule has 0 aliphatic carbocycles. The molecule has 1 rings (SSSR count). The smallest absolute Gasteiger partial charge is 0.356 e. The van der Waals surface area contributed by atoms with Gasteiger partial charge in [0.15, 0.2) is 0 Å². The second-order valence-electron chi connectivity index (χ2n) is 2.12. The molecule has 0 saturated carbocycles. The highest BCUT2D eigenvalue weighted by molar-refractivity contribution is 5.97. The highest BCUT2D eigenvalue weighted by Crippen LogP contribution is 2.08. The van der Waals surface area contributed by atoms with Gasteiger partial charge in [-0.05, 0) is 13.0 Å². The number of nitrogens with two attached hydrogens (primary N) is 1. The maximum Gasteiger partial charge on any atom is 0.356 e. The highest BCUT2D eigenvalue weighted by atomic mass is 16.5. The Balaban J connectivity index is 2.56. The standard InChI is InChI=1S/C7H10N2O2/c1-2-11-7(10)5-3-4-6(8)9-5/h3H,2,4H2,1H3,(H2,8,9). The molecule has 0 aromatic carbocycles. The minimum Gasteiger partial charge on any atom is -0.461 e. The fourth-order valence-corrected chi connectivity index (χ4v) is 0.781. The van der Waals surface area contributed by atoms with Crippen LogP contribution in [0.25, 0.3) is 0 Å². The number of carbonyl (C=O) groups excluding carboxylic acids is 1. The Kier molecular flexibility index (Phi) is 2.25. The van der Waals surface area contributed by atoms with E-state index in [-0.39, 0.29) is 0 Å². The third-order valence-corrected chi connectivity index (χ3v) is 1.25. The van der Waals surface area contributed by atoms with Crippen LogP contribution in [0.1, 0.15) is 13.3 Å². The summed E-state index contributed by atoms with van der Waals surface area (Å²) in [4.78, 5) is 14.7. The van der Waals surface area contributed by atoms with E-state index in [1.54, 1.807) is 13.0 Å². The lowest BCUT2D eigenvalue weighted by atomic mass is 10.4. The Labute approximate surface area is 64.7 Å². The van der Waals surface area contributed by atoms with E-state index in [1.165, 1.54) is 0 Å². The minimum absolute atomic E-state index is 0.323. The first-order chi connectivity index (χ1) is 5.24. The molecule has 0 spiro atoms. The van der Waals surface area contributed by atoms with Crippen LogP contribution in [0.5, 0.6) is 0 Å². The lowest BCUT2D eigenvalue weighted by molar-refractivity contribution is -0.138. The van der Waals surface area contributed by atoms with Gasteiger partial charge >= 0.3 is 5.97 Å². The molecule has 60 valence electrons. The number of nitrogens with zero attached hydrogens (tertiary/aromatic N) is 1. The zero-order valence-corrected chi connectivity index (χ0v) is 6.33. The predicted octanol–water partition coefficient (Wildman–Crippen LogP) is 0.194. The second-order valence-corrected chi connectivity index (χ2v) is 2.12. The topological polar surface area (TPSA) is 64.7 Å². The van der Waals surface area contributed by atoms with Crippen LogP contribution >= 0.6 is 0 Å². The molecule has 0 aromatic heterocycles. The fraction of sp³-hybridized carbons (Fsp3) is 0.429. The predicted molar refractivity (Wildman–Crippen MR) is 41.0 cm³/mol. The summed E-state index contributed by atoms with van der Waals surface area (Å²) in [6.45, 7) is 2.12. The van der Waals surface area contributed by atoms with Crippen LogP contribution in [0.15, 0.2) is 16.8 Å². The summed E-state index contributed by atoms with van der Waals surface area (Å²) in [5.74, 6) is 0.0704. The molecule has 2 N–H and O–H groups in total. The van der Waals surface area contributed by atoms with Crippen molar-refractivity contribution in [2.75, 3.05) is 6.61 Å². The number of hydrogen-bond acceptors (Lipinski definition) is 4. The largest absolute Gasteiger partial charge is 0.461 e. The SMILES string of the molecule is CCOC(=O)C1=CCC(N)=N1. The number of esters is 1. The number of hydrogen-bond donors (Lipinski definition) is 1. The lowest BCUT2D eigenvalue weighted by Gasteiger charge is -1.97. The van der Waals surface area contributed by atoms with Crippen LogP contribution in [0, 0.1) is 0 Å². The highest BCUT2D eigenvalue weighted by Gasteiger charge is 2.13. The first-order valence-corrected chi connectivity index (χ1v) is 3.44. The third-order valence-electron chi connectivity index (χ3n) is 1.25. The zero-order chi connectivity index (χ0) is 8.27. The molecule has 0 saturated heterocycles. The summed E-state index contributed by atoms with van der Waals surface area (Å²) in [5, 5.41) is 0. The third kappa shape index (κ3) is 1.80. The number of carbonyl (C=O) groups is 1. The van der Waals surface area contributed by atoms with Crippen molar-refractivity contribution in [3.05, 3.63) is 11.8 Å². The number of amidine groups is 1. The van der Waals surface area contributed by atoms with Crippen molar-refractivity contribution < 1.29 is 9.53 Å². The summed E-state index contributed by atoms with van der Waals surface area (Å²) < 4.78 is 4.70. The van der Waals surface area contributed by atoms with Gasteiger partial charge < -0.3 is 10.5 Å². The van der Waals surface area contributed by atoms with Gasteiger partial charge in [0.05, 0.1) is 6.61 Å². The van der Waals surface area contributed by atoms with Crippen molar-refractivity contribution in [2.24, 2.45) is 10.7 Å². The Hall–Kier alpha value is -1.32. The summed E-state index contributed by atoms with van der Waals surface area (Å²) in [6, 6.07) is 0. The first-order valence-electron chi connectivity index (χ1n) is 3.44. The Morgan fingerprint density at radius 1 is 1.91 bits per heavy atom. The lowest BCUT2D eigenvalue weighted by Crippen LogP contribution is -2.08. The molecule has 0 unspecified atom stereocenters. The molecule has 0 fully saturated rings. The van der Waals surface area contributed by atoms with Crippen molar-refractivity contribution >= 4 is 11.8 Å². The molecule has 0 radical (unpaired) electrons. The summed E-state index contributed by atoms with van der Waals surface area (Å²) in [5.41, 5.74) is 5.67. The molecule has 11 heavy (non-hydrogen) atoms. The van der Waals surface area contributed by atoms with Crippen molar-refractivity contribution in [1.82, 2.24) is 0 Å². The molecule has 0 atom stereocenters. The van der Waals surface area contributed by atoms with Gasteiger partial charge in [0.1, 0.15) is 11.5 Å². The average Bonchev–Trinajstić information content (AvgIpc) is 2.36. The van der Waals surface area contributed by atoms with Gasteiger partial charge in [-0.3, -0.25) is 0 Å². The van der Waals surface area contributed by atoms with Crippen molar-refractivity contribution in [2.45, 2.75) is 13.3 Å². The second kappa shape index (κ2) is 3.18. The van der Waals surface area contributed by atoms with Crippen molar-refractivity contribution in [3.8, 4) is 0 Å². The monoisotopic (exact) mass is 154 g/mol. The van der Waals surface area contributed by atoms with Gasteiger partial charge in [0.2, 0.25) is 0 Å². The molecule has 4 heteroatoms. The molecule has 4 nitrogen and oxygen atoms in total. The molecule has 0 aromatic rings. The Morgan fingerprint density at radius 2 is 2.64 bits per heavy atom. The quantitative estimate of drug-likeness (QED) is 0.577. The van der Waals surface area contributed by atoms with Crippen LogP contribution in [0.4, 0.5) is 0 Å². The number of ether oxygens (including phenoxy) is 1. The number of aliphatic imine (C=N–C) groups is 1. The van der Waals surface area contributed by atoms with E-state index in [0.717, 1.165) is 0 Å². The maximum absolute atomic E-state index is 10.9. The van der Waals surface area contributed by atoms with E-state index in [0.29, 0.717) is 24.6 Å². The van der Waals surface area contributed by atoms with E-state index >= 15 is 0 Å². The van der Waals surface area contributed by atoms with Gasteiger partial charge in [-0.2, -0.15) is 0 Å². The van der Waals surface area contributed by atoms with Crippen molar-refractivity contribution in [1.29, 1.82) is 0 Å². The van der Waals surface area contributed by atoms with Crippen molar-refractivity contribution in [3.63, 3.8) is 0 Å². The van der Waals surface area contributed by atoms with Crippen LogP contribution < -0.4 is 5.73 Å². The molecule has 0 bridgehead atoms. The van der Waals surface area contributed by atoms with Crippen LogP contribution in [-0.4, -0.2) is 18.4 Å². The van der Waals surface area contributed by atoms with Crippen LogP contribution in [0.2, 0.25) is 0 Å². The molecule has 0 amide bonds. The van der Waals surface area contributed by atoms with Gasteiger partial charge in [-0.15, -0.1) is 0 Å². The van der Waals surface area contributed by atoms with Crippen LogP contribution in [0.3, 0.4) is 0 Å². The molecule has 1 heterocycles. The minimum atomic E-state index is -0.395. The van der Waals surface area contributed by atoms with E-state index < -0.39 is 5.97 Å².